The third kappa shape index (κ3) is 2.24. The SMILES string of the molecule is CCOC(=O)C1OC1(CC)c1cccc(Br)c1. The van der Waals surface area contributed by atoms with Crippen molar-refractivity contribution in [1.29, 1.82) is 0 Å². The van der Waals surface area contributed by atoms with E-state index in [1.807, 2.05) is 31.2 Å². The van der Waals surface area contributed by atoms with E-state index >= 15 is 0 Å². The smallest absolute Gasteiger partial charge is 0.338 e. The maximum absolute atomic E-state index is 11.7. The summed E-state index contributed by atoms with van der Waals surface area (Å²) in [6, 6.07) is 7.87. The maximum Gasteiger partial charge on any atom is 0.338 e. The molecule has 92 valence electrons. The van der Waals surface area contributed by atoms with Gasteiger partial charge >= 0.3 is 5.97 Å². The van der Waals surface area contributed by atoms with Crippen molar-refractivity contribution in [2.75, 3.05) is 6.61 Å². The molecule has 2 atom stereocenters. The first kappa shape index (κ1) is 12.6. The molecule has 0 N–H and O–H groups in total. The van der Waals surface area contributed by atoms with E-state index in [4.69, 9.17) is 9.47 Å². The van der Waals surface area contributed by atoms with Crippen LogP contribution in [0.1, 0.15) is 25.8 Å². The lowest BCUT2D eigenvalue weighted by Crippen LogP contribution is -2.20. The number of halogens is 1. The number of hydrogen-bond donors (Lipinski definition) is 0. The van der Waals surface area contributed by atoms with Gasteiger partial charge in [-0.3, -0.25) is 0 Å². The molecule has 3 nitrogen and oxygen atoms in total. The number of esters is 1. The average molecular weight is 299 g/mol. The Balaban J connectivity index is 2.21. The summed E-state index contributed by atoms with van der Waals surface area (Å²) in [5.41, 5.74) is 0.531. The van der Waals surface area contributed by atoms with Crippen molar-refractivity contribution < 1.29 is 14.3 Å². The first-order valence-electron chi connectivity index (χ1n) is 5.74. The van der Waals surface area contributed by atoms with Gasteiger partial charge in [0, 0.05) is 4.47 Å². The van der Waals surface area contributed by atoms with Gasteiger partial charge in [-0.1, -0.05) is 35.0 Å². The molecule has 2 rings (SSSR count). The van der Waals surface area contributed by atoms with Crippen LogP contribution in [0.4, 0.5) is 0 Å². The number of hydrogen-bond acceptors (Lipinski definition) is 3. The molecular formula is C13H15BrO3. The molecule has 0 spiro atoms. The number of ether oxygens (including phenoxy) is 2. The lowest BCUT2D eigenvalue weighted by atomic mass is 9.93. The fourth-order valence-electron chi connectivity index (χ4n) is 2.08. The van der Waals surface area contributed by atoms with Crippen LogP contribution in [0.5, 0.6) is 0 Å². The summed E-state index contributed by atoms with van der Waals surface area (Å²) in [5, 5.41) is 0. The van der Waals surface area contributed by atoms with Gasteiger partial charge in [-0.05, 0) is 31.0 Å². The van der Waals surface area contributed by atoms with Crippen LogP contribution in [0.3, 0.4) is 0 Å². The van der Waals surface area contributed by atoms with Crippen LogP contribution in [0.25, 0.3) is 0 Å². The molecule has 1 saturated heterocycles. The van der Waals surface area contributed by atoms with Crippen LogP contribution in [-0.2, 0) is 19.9 Å². The van der Waals surface area contributed by atoms with Crippen molar-refractivity contribution in [2.24, 2.45) is 0 Å². The van der Waals surface area contributed by atoms with E-state index in [9.17, 15) is 4.79 Å². The van der Waals surface area contributed by atoms with Gasteiger partial charge in [-0.2, -0.15) is 0 Å². The Morgan fingerprint density at radius 3 is 2.88 bits per heavy atom. The molecule has 4 heteroatoms. The maximum atomic E-state index is 11.7. The Morgan fingerprint density at radius 1 is 1.53 bits per heavy atom. The summed E-state index contributed by atoms with van der Waals surface area (Å²) >= 11 is 3.43. The molecule has 0 aliphatic carbocycles. The summed E-state index contributed by atoms with van der Waals surface area (Å²) in [4.78, 5) is 11.7. The van der Waals surface area contributed by atoms with E-state index in [0.717, 1.165) is 16.5 Å². The molecule has 17 heavy (non-hydrogen) atoms. The van der Waals surface area contributed by atoms with Crippen LogP contribution in [-0.4, -0.2) is 18.7 Å². The molecule has 0 amide bonds. The van der Waals surface area contributed by atoms with Gasteiger partial charge in [-0.15, -0.1) is 0 Å². The molecule has 0 radical (unpaired) electrons. The van der Waals surface area contributed by atoms with Gasteiger partial charge in [0.15, 0.2) is 6.10 Å². The van der Waals surface area contributed by atoms with Crippen LogP contribution < -0.4 is 0 Å². The van der Waals surface area contributed by atoms with E-state index in [1.165, 1.54) is 0 Å². The Bertz CT molecular complexity index is 432. The average Bonchev–Trinajstić information content (AvgIpc) is 3.05. The topological polar surface area (TPSA) is 38.8 Å². The number of rotatable bonds is 4. The molecule has 0 saturated carbocycles. The molecule has 1 aromatic carbocycles. The molecule has 2 unspecified atom stereocenters. The van der Waals surface area contributed by atoms with Gasteiger partial charge < -0.3 is 9.47 Å². The predicted octanol–water partition coefficient (Wildman–Crippen LogP) is 3.02. The molecule has 1 aliphatic rings. The van der Waals surface area contributed by atoms with Gasteiger partial charge in [0.1, 0.15) is 5.60 Å². The lowest BCUT2D eigenvalue weighted by molar-refractivity contribution is -0.144. The Kier molecular flexibility index (Phi) is 3.54. The van der Waals surface area contributed by atoms with Crippen molar-refractivity contribution in [3.8, 4) is 0 Å². The highest BCUT2D eigenvalue weighted by Gasteiger charge is 2.61. The Labute approximate surface area is 109 Å². The molecule has 0 bridgehead atoms. The third-order valence-corrected chi connectivity index (χ3v) is 3.53. The number of carbonyl (C=O) groups excluding carboxylic acids is 1. The van der Waals surface area contributed by atoms with E-state index in [1.54, 1.807) is 6.92 Å². The molecule has 0 aromatic heterocycles. The zero-order chi connectivity index (χ0) is 12.5. The van der Waals surface area contributed by atoms with Crippen molar-refractivity contribution in [3.05, 3.63) is 34.3 Å². The van der Waals surface area contributed by atoms with Gasteiger partial charge in [0.2, 0.25) is 0 Å². The molecule has 1 aromatic rings. The fourth-order valence-corrected chi connectivity index (χ4v) is 2.48. The second-order valence-corrected chi connectivity index (χ2v) is 4.92. The number of benzene rings is 1. The summed E-state index contributed by atoms with van der Waals surface area (Å²) in [6.07, 6.45) is 0.300. The minimum absolute atomic E-state index is 0.269. The second-order valence-electron chi connectivity index (χ2n) is 4.00. The lowest BCUT2D eigenvalue weighted by Gasteiger charge is -2.10. The molecular weight excluding hydrogens is 284 g/mol. The molecule has 1 aliphatic heterocycles. The molecule has 1 heterocycles. The van der Waals surface area contributed by atoms with Crippen molar-refractivity contribution in [3.63, 3.8) is 0 Å². The zero-order valence-corrected chi connectivity index (χ0v) is 11.5. The van der Waals surface area contributed by atoms with Gasteiger partial charge in [0.05, 0.1) is 6.61 Å². The third-order valence-electron chi connectivity index (χ3n) is 3.03. The summed E-state index contributed by atoms with van der Waals surface area (Å²) in [5.74, 6) is -0.269. The minimum atomic E-state index is -0.490. The highest BCUT2D eigenvalue weighted by atomic mass is 79.9. The fraction of sp³-hybridized carbons (Fsp3) is 0.462. The summed E-state index contributed by atoms with van der Waals surface area (Å²) in [7, 11) is 0. The Hall–Kier alpha value is -0.870. The van der Waals surface area contributed by atoms with Crippen molar-refractivity contribution >= 4 is 21.9 Å². The number of carbonyl (C=O) groups is 1. The van der Waals surface area contributed by atoms with Crippen molar-refractivity contribution in [2.45, 2.75) is 32.0 Å². The first-order chi connectivity index (χ1) is 8.14. The standard InChI is InChI=1S/C13H15BrO3/c1-3-13(9-6-5-7-10(14)8-9)11(17-13)12(15)16-4-2/h5-8,11H,3-4H2,1-2H3. The monoisotopic (exact) mass is 298 g/mol. The summed E-state index contributed by atoms with van der Waals surface area (Å²) < 4.78 is 11.6. The normalized spacial score (nSPS) is 26.6. The van der Waals surface area contributed by atoms with E-state index in [-0.39, 0.29) is 5.97 Å². The second kappa shape index (κ2) is 4.78. The number of epoxide rings is 1. The van der Waals surface area contributed by atoms with E-state index in [2.05, 4.69) is 15.9 Å². The van der Waals surface area contributed by atoms with Crippen LogP contribution in [0, 0.1) is 0 Å². The van der Waals surface area contributed by atoms with E-state index in [0.29, 0.717) is 6.61 Å². The largest absolute Gasteiger partial charge is 0.464 e. The highest BCUT2D eigenvalue weighted by molar-refractivity contribution is 9.10. The van der Waals surface area contributed by atoms with Gasteiger partial charge in [0.25, 0.3) is 0 Å². The minimum Gasteiger partial charge on any atom is -0.464 e. The van der Waals surface area contributed by atoms with Crippen LogP contribution in [0.15, 0.2) is 28.7 Å². The molecule has 1 fully saturated rings. The van der Waals surface area contributed by atoms with E-state index < -0.39 is 11.7 Å². The van der Waals surface area contributed by atoms with Crippen LogP contribution >= 0.6 is 15.9 Å². The van der Waals surface area contributed by atoms with Gasteiger partial charge in [-0.25, -0.2) is 4.79 Å². The quantitative estimate of drug-likeness (QED) is 0.633. The Morgan fingerprint density at radius 2 is 2.29 bits per heavy atom. The highest BCUT2D eigenvalue weighted by Crippen LogP contribution is 2.50. The summed E-state index contributed by atoms with van der Waals surface area (Å²) in [6.45, 7) is 4.20. The van der Waals surface area contributed by atoms with Crippen molar-refractivity contribution in [1.82, 2.24) is 0 Å². The van der Waals surface area contributed by atoms with Crippen LogP contribution in [0.2, 0.25) is 0 Å². The predicted molar refractivity (Wildman–Crippen MR) is 67.6 cm³/mol. The first-order valence-corrected chi connectivity index (χ1v) is 6.54. The zero-order valence-electron chi connectivity index (χ0n) is 9.90.